The average Bonchev–Trinajstić information content (AvgIpc) is 2.94. The van der Waals surface area contributed by atoms with Crippen LogP contribution in [0.4, 0.5) is 0 Å². The summed E-state index contributed by atoms with van der Waals surface area (Å²) in [6.07, 6.45) is 7.38. The van der Waals surface area contributed by atoms with Gasteiger partial charge in [0.25, 0.3) is 0 Å². The first kappa shape index (κ1) is 28.6. The molecule has 0 bridgehead atoms. The van der Waals surface area contributed by atoms with E-state index >= 15 is 0 Å². The number of para-hydroxylation sites is 2. The first-order valence-corrected chi connectivity index (χ1v) is 11.8. The smallest absolute Gasteiger partial charge is 0.115 e. The molecule has 0 saturated carbocycles. The van der Waals surface area contributed by atoms with Crippen molar-refractivity contribution in [3.63, 3.8) is 0 Å². The predicted octanol–water partition coefficient (Wildman–Crippen LogP) is 8.76. The second kappa shape index (κ2) is 16.1. The van der Waals surface area contributed by atoms with Crippen LogP contribution in [-0.2, 0) is 18.0 Å². The highest BCUT2D eigenvalue weighted by Gasteiger charge is 2.06. The van der Waals surface area contributed by atoms with E-state index in [2.05, 4.69) is 38.4 Å². The minimum absolute atomic E-state index is 0.322. The highest BCUT2D eigenvalue weighted by molar-refractivity contribution is 5.67. The minimum Gasteiger partial charge on any atom is -0.508 e. The number of hydrogen-bond acceptors (Lipinski definition) is 3. The normalized spacial score (nSPS) is 9.51. The Bertz CT molecular complexity index is 1170. The monoisotopic (exact) mass is 490 g/mol. The summed E-state index contributed by atoms with van der Waals surface area (Å²) in [5, 5.41) is 17.3. The summed E-state index contributed by atoms with van der Waals surface area (Å²) in [6, 6.07) is 29.6. The van der Waals surface area contributed by atoms with Gasteiger partial charge in [-0.2, -0.15) is 0 Å². The van der Waals surface area contributed by atoms with Crippen LogP contribution >= 0.6 is 0 Å². The number of phenolic OH excluding ortho intramolecular Hbond substituents is 2. The number of aromatic hydroxyl groups is 2. The van der Waals surface area contributed by atoms with E-state index in [-0.39, 0.29) is 0 Å². The molecular formula is C34H34O3. The van der Waals surface area contributed by atoms with E-state index in [1.165, 1.54) is 0 Å². The Morgan fingerprint density at radius 1 is 0.486 bits per heavy atom. The van der Waals surface area contributed by atoms with Crippen molar-refractivity contribution in [2.24, 2.45) is 0 Å². The molecule has 0 aliphatic rings. The fraction of sp³-hybridized carbons (Fsp3) is 0.0588. The summed E-state index contributed by atoms with van der Waals surface area (Å²) < 4.78 is 5.93. The third kappa shape index (κ3) is 9.52. The molecule has 3 heteroatoms. The van der Waals surface area contributed by atoms with Crippen molar-refractivity contribution >= 4 is 24.3 Å². The maximum atomic E-state index is 8.63. The van der Waals surface area contributed by atoms with Gasteiger partial charge in [0, 0.05) is 0 Å². The van der Waals surface area contributed by atoms with Crippen LogP contribution in [0.15, 0.2) is 123 Å². The first-order chi connectivity index (χ1) is 18.0. The first-order valence-electron chi connectivity index (χ1n) is 11.8. The van der Waals surface area contributed by atoms with Gasteiger partial charge in [-0.05, 0) is 57.6 Å². The maximum Gasteiger partial charge on any atom is 0.115 e. The van der Waals surface area contributed by atoms with Crippen LogP contribution in [0, 0.1) is 0 Å². The van der Waals surface area contributed by atoms with Gasteiger partial charge in [-0.1, -0.05) is 123 Å². The maximum absolute atomic E-state index is 8.63. The van der Waals surface area contributed by atoms with Crippen molar-refractivity contribution in [3.8, 4) is 11.5 Å². The highest BCUT2D eigenvalue weighted by atomic mass is 16.5. The van der Waals surface area contributed by atoms with Gasteiger partial charge in [0.2, 0.25) is 0 Å². The number of hydrogen-bond donors (Lipinski definition) is 2. The molecule has 0 amide bonds. The molecule has 4 rings (SSSR count). The molecule has 188 valence electrons. The molecule has 4 aromatic carbocycles. The van der Waals surface area contributed by atoms with Gasteiger partial charge in [-0.3, -0.25) is 0 Å². The lowest BCUT2D eigenvalue weighted by Crippen LogP contribution is -2.00. The van der Waals surface area contributed by atoms with Gasteiger partial charge in [-0.25, -0.2) is 0 Å². The van der Waals surface area contributed by atoms with E-state index in [1.54, 1.807) is 48.5 Å². The third-order valence-electron chi connectivity index (χ3n) is 5.34. The molecule has 4 aromatic rings. The van der Waals surface area contributed by atoms with Crippen molar-refractivity contribution in [2.75, 3.05) is 0 Å². The Morgan fingerprint density at radius 3 is 1.14 bits per heavy atom. The number of rotatable bonds is 8. The fourth-order valence-electron chi connectivity index (χ4n) is 3.50. The SMILES string of the molecule is C=Cc1cccc(COCc2cccc(C=C)c2C=C)c1C=C.Oc1ccccc1.Oc1ccccc1. The van der Waals surface area contributed by atoms with Gasteiger partial charge in [0.1, 0.15) is 11.5 Å². The van der Waals surface area contributed by atoms with Crippen LogP contribution in [0.5, 0.6) is 11.5 Å². The largest absolute Gasteiger partial charge is 0.508 e. The number of phenols is 2. The Kier molecular flexibility index (Phi) is 12.5. The van der Waals surface area contributed by atoms with E-state index in [9.17, 15) is 0 Å². The predicted molar refractivity (Wildman–Crippen MR) is 158 cm³/mol. The van der Waals surface area contributed by atoms with E-state index in [4.69, 9.17) is 14.9 Å². The van der Waals surface area contributed by atoms with Gasteiger partial charge in [0.15, 0.2) is 0 Å². The van der Waals surface area contributed by atoms with Crippen molar-refractivity contribution in [3.05, 3.63) is 157 Å². The minimum atomic E-state index is 0.322. The lowest BCUT2D eigenvalue weighted by Gasteiger charge is -2.12. The molecule has 0 unspecified atom stereocenters. The van der Waals surface area contributed by atoms with Crippen LogP contribution in [0.1, 0.15) is 33.4 Å². The van der Waals surface area contributed by atoms with Crippen LogP contribution < -0.4 is 0 Å². The van der Waals surface area contributed by atoms with Crippen LogP contribution in [0.25, 0.3) is 24.3 Å². The lowest BCUT2D eigenvalue weighted by molar-refractivity contribution is 0.107. The quantitative estimate of drug-likeness (QED) is 0.259. The van der Waals surface area contributed by atoms with Crippen molar-refractivity contribution < 1.29 is 14.9 Å². The fourth-order valence-corrected chi connectivity index (χ4v) is 3.50. The number of benzene rings is 4. The van der Waals surface area contributed by atoms with Crippen molar-refractivity contribution in [1.29, 1.82) is 0 Å². The third-order valence-corrected chi connectivity index (χ3v) is 5.34. The summed E-state index contributed by atoms with van der Waals surface area (Å²) in [5.41, 5.74) is 6.51. The molecule has 0 radical (unpaired) electrons. The Morgan fingerprint density at radius 2 is 0.865 bits per heavy atom. The van der Waals surface area contributed by atoms with E-state index in [0.717, 1.165) is 33.4 Å². The highest BCUT2D eigenvalue weighted by Crippen LogP contribution is 2.21. The molecule has 2 N–H and O–H groups in total. The zero-order valence-electron chi connectivity index (χ0n) is 21.1. The van der Waals surface area contributed by atoms with E-state index in [1.807, 2.05) is 60.7 Å². The molecule has 0 atom stereocenters. The molecule has 0 aliphatic heterocycles. The van der Waals surface area contributed by atoms with Gasteiger partial charge < -0.3 is 14.9 Å². The Labute approximate surface area is 220 Å². The van der Waals surface area contributed by atoms with Crippen LogP contribution in [-0.4, -0.2) is 10.2 Å². The van der Waals surface area contributed by atoms with Crippen molar-refractivity contribution in [1.82, 2.24) is 0 Å². The summed E-state index contributed by atoms with van der Waals surface area (Å²) in [6.45, 7) is 16.5. The summed E-state index contributed by atoms with van der Waals surface area (Å²) in [5.74, 6) is 0.644. The van der Waals surface area contributed by atoms with Gasteiger partial charge in [-0.15, -0.1) is 0 Å². The lowest BCUT2D eigenvalue weighted by atomic mass is 10.0. The zero-order chi connectivity index (χ0) is 26.9. The van der Waals surface area contributed by atoms with Crippen LogP contribution in [0.2, 0.25) is 0 Å². The zero-order valence-corrected chi connectivity index (χ0v) is 21.1. The number of ether oxygens (including phenoxy) is 1. The van der Waals surface area contributed by atoms with Gasteiger partial charge >= 0.3 is 0 Å². The summed E-state index contributed by atoms with van der Waals surface area (Å²) in [7, 11) is 0. The summed E-state index contributed by atoms with van der Waals surface area (Å²) in [4.78, 5) is 0. The van der Waals surface area contributed by atoms with E-state index in [0.29, 0.717) is 24.7 Å². The molecule has 0 aliphatic carbocycles. The molecule has 3 nitrogen and oxygen atoms in total. The molecule has 0 spiro atoms. The molecule has 37 heavy (non-hydrogen) atoms. The average molecular weight is 491 g/mol. The summed E-state index contributed by atoms with van der Waals surface area (Å²) >= 11 is 0. The topological polar surface area (TPSA) is 49.7 Å². The van der Waals surface area contributed by atoms with Gasteiger partial charge in [0.05, 0.1) is 13.2 Å². The van der Waals surface area contributed by atoms with E-state index < -0.39 is 0 Å². The Balaban J connectivity index is 0.000000276. The molecule has 0 heterocycles. The molecule has 0 fully saturated rings. The molecule has 0 saturated heterocycles. The molecular weight excluding hydrogens is 456 g/mol. The standard InChI is InChI=1S/C22H22O.2C6H6O/c1-5-17-11-9-13-19(21(17)7-3)15-23-16-20-14-10-12-18(6-2)22(20)8-4;2*7-6-4-2-1-3-5-6/h5-14H,1-4,15-16H2;2*1-5,7H. The van der Waals surface area contributed by atoms with Crippen molar-refractivity contribution in [2.45, 2.75) is 13.2 Å². The molecule has 0 aromatic heterocycles. The second-order valence-corrected chi connectivity index (χ2v) is 7.82. The second-order valence-electron chi connectivity index (χ2n) is 7.82. The Hall–Kier alpha value is -4.60. The van der Waals surface area contributed by atoms with Crippen LogP contribution in [0.3, 0.4) is 0 Å².